The Morgan fingerprint density at radius 1 is 1.12 bits per heavy atom. The Morgan fingerprint density at radius 3 is 2.68 bits per heavy atom. The Hall–Kier alpha value is -2.60. The van der Waals surface area contributed by atoms with Gasteiger partial charge in [0.25, 0.3) is 0 Å². The first-order valence-corrected chi connectivity index (χ1v) is 8.63. The number of hydrogen-bond acceptors (Lipinski definition) is 4. The van der Waals surface area contributed by atoms with Crippen molar-refractivity contribution in [2.45, 2.75) is 18.9 Å². The van der Waals surface area contributed by atoms with Crippen molar-refractivity contribution in [3.63, 3.8) is 0 Å². The summed E-state index contributed by atoms with van der Waals surface area (Å²) in [4.78, 5) is 29.1. The van der Waals surface area contributed by atoms with Crippen LogP contribution in [0.4, 0.5) is 5.69 Å². The highest BCUT2D eigenvalue weighted by Crippen LogP contribution is 2.33. The average Bonchev–Trinajstić information content (AvgIpc) is 3.14. The third-order valence-corrected chi connectivity index (χ3v) is 4.94. The van der Waals surface area contributed by atoms with E-state index in [1.807, 2.05) is 41.3 Å². The summed E-state index contributed by atoms with van der Waals surface area (Å²) in [5.41, 5.74) is 1.68. The second-order valence-corrected chi connectivity index (χ2v) is 6.57. The lowest BCUT2D eigenvalue weighted by Gasteiger charge is -2.37. The molecule has 0 saturated carbocycles. The van der Waals surface area contributed by atoms with E-state index in [9.17, 15) is 9.59 Å². The second kappa shape index (κ2) is 6.72. The van der Waals surface area contributed by atoms with E-state index in [1.165, 1.54) is 0 Å². The third kappa shape index (κ3) is 3.30. The molecule has 6 heteroatoms. The Morgan fingerprint density at radius 2 is 1.92 bits per heavy atom. The van der Waals surface area contributed by atoms with Crippen molar-refractivity contribution in [3.05, 3.63) is 54.0 Å². The molecular formula is C19H21N3O3. The number of nitrogens with one attached hydrogen (secondary N) is 1. The van der Waals surface area contributed by atoms with Crippen LogP contribution in [-0.4, -0.2) is 47.8 Å². The highest BCUT2D eigenvalue weighted by atomic mass is 16.3. The number of rotatable bonds is 3. The van der Waals surface area contributed by atoms with Gasteiger partial charge in [0.05, 0.1) is 18.7 Å². The molecule has 1 saturated heterocycles. The summed E-state index contributed by atoms with van der Waals surface area (Å²) in [6.07, 6.45) is 1.91. The molecule has 25 heavy (non-hydrogen) atoms. The number of amides is 2. The van der Waals surface area contributed by atoms with Crippen molar-refractivity contribution < 1.29 is 14.0 Å². The van der Waals surface area contributed by atoms with Crippen LogP contribution in [0, 0.1) is 0 Å². The lowest BCUT2D eigenvalue weighted by molar-refractivity contribution is -0.136. The predicted molar refractivity (Wildman–Crippen MR) is 93.0 cm³/mol. The molecule has 3 heterocycles. The molecule has 0 spiro atoms. The summed E-state index contributed by atoms with van der Waals surface area (Å²) in [5, 5.41) is 2.85. The molecule has 0 radical (unpaired) electrons. The predicted octanol–water partition coefficient (Wildman–Crippen LogP) is 2.05. The SMILES string of the molecule is O=C1C[C@@H](C(=O)N2CCN(Cc3ccco3)CC2)c2ccccc2N1. The highest BCUT2D eigenvalue weighted by Gasteiger charge is 2.34. The minimum absolute atomic E-state index is 0.0555. The number of anilines is 1. The van der Waals surface area contributed by atoms with Crippen LogP contribution in [0.1, 0.15) is 23.7 Å². The quantitative estimate of drug-likeness (QED) is 0.929. The van der Waals surface area contributed by atoms with Crippen LogP contribution >= 0.6 is 0 Å². The first kappa shape index (κ1) is 15.9. The molecular weight excluding hydrogens is 318 g/mol. The van der Waals surface area contributed by atoms with Crippen LogP contribution < -0.4 is 5.32 Å². The van der Waals surface area contributed by atoms with E-state index in [-0.39, 0.29) is 24.2 Å². The van der Waals surface area contributed by atoms with E-state index in [0.717, 1.165) is 36.6 Å². The normalized spacial score (nSPS) is 20.9. The monoisotopic (exact) mass is 339 g/mol. The maximum absolute atomic E-state index is 13.0. The molecule has 1 fully saturated rings. The zero-order chi connectivity index (χ0) is 17.2. The van der Waals surface area contributed by atoms with Crippen LogP contribution in [0.2, 0.25) is 0 Å². The summed E-state index contributed by atoms with van der Waals surface area (Å²) in [6, 6.07) is 11.4. The van der Waals surface area contributed by atoms with Crippen molar-refractivity contribution in [2.75, 3.05) is 31.5 Å². The van der Waals surface area contributed by atoms with Crippen molar-refractivity contribution in [2.24, 2.45) is 0 Å². The van der Waals surface area contributed by atoms with Gasteiger partial charge in [-0.05, 0) is 23.8 Å². The van der Waals surface area contributed by atoms with Crippen LogP contribution in [0.25, 0.3) is 0 Å². The number of furan rings is 1. The molecule has 1 aromatic carbocycles. The molecule has 0 unspecified atom stereocenters. The van der Waals surface area contributed by atoms with Crippen LogP contribution in [-0.2, 0) is 16.1 Å². The Balaban J connectivity index is 1.41. The van der Waals surface area contributed by atoms with Crippen molar-refractivity contribution in [1.82, 2.24) is 9.80 Å². The molecule has 2 aliphatic rings. The molecule has 2 aromatic rings. The number of carbonyl (C=O) groups excluding carboxylic acids is 2. The highest BCUT2D eigenvalue weighted by molar-refractivity contribution is 6.01. The fourth-order valence-electron chi connectivity index (χ4n) is 3.60. The van der Waals surface area contributed by atoms with Gasteiger partial charge in [0.2, 0.25) is 11.8 Å². The number of nitrogens with zero attached hydrogens (tertiary/aromatic N) is 2. The molecule has 0 bridgehead atoms. The fourth-order valence-corrected chi connectivity index (χ4v) is 3.60. The lowest BCUT2D eigenvalue weighted by Crippen LogP contribution is -2.50. The molecule has 1 aromatic heterocycles. The summed E-state index contributed by atoms with van der Waals surface area (Å²) in [6.45, 7) is 3.75. The van der Waals surface area contributed by atoms with E-state index < -0.39 is 0 Å². The van der Waals surface area contributed by atoms with E-state index >= 15 is 0 Å². The number of para-hydroxylation sites is 1. The van der Waals surface area contributed by atoms with Crippen molar-refractivity contribution >= 4 is 17.5 Å². The van der Waals surface area contributed by atoms with Gasteiger partial charge in [-0.3, -0.25) is 14.5 Å². The van der Waals surface area contributed by atoms with E-state index in [1.54, 1.807) is 6.26 Å². The van der Waals surface area contributed by atoms with E-state index in [2.05, 4.69) is 10.2 Å². The zero-order valence-electron chi connectivity index (χ0n) is 14.0. The first-order valence-electron chi connectivity index (χ1n) is 8.63. The number of piperazine rings is 1. The molecule has 2 aliphatic heterocycles. The number of fused-ring (bicyclic) bond motifs is 1. The van der Waals surface area contributed by atoms with E-state index in [4.69, 9.17) is 4.42 Å². The molecule has 2 amide bonds. The summed E-state index contributed by atoms with van der Waals surface area (Å²) in [7, 11) is 0. The molecule has 1 atom stereocenters. The van der Waals surface area contributed by atoms with Gasteiger partial charge in [0, 0.05) is 38.3 Å². The molecule has 1 N–H and O–H groups in total. The van der Waals surface area contributed by atoms with Gasteiger partial charge >= 0.3 is 0 Å². The minimum Gasteiger partial charge on any atom is -0.468 e. The maximum atomic E-state index is 13.0. The minimum atomic E-state index is -0.374. The first-order chi connectivity index (χ1) is 12.2. The van der Waals surface area contributed by atoms with Gasteiger partial charge in [-0.1, -0.05) is 18.2 Å². The molecule has 0 aliphatic carbocycles. The van der Waals surface area contributed by atoms with Gasteiger partial charge in [-0.15, -0.1) is 0 Å². The standard InChI is InChI=1S/C19H21N3O3/c23-18-12-16(15-5-1-2-6-17(15)20-18)19(24)22-9-7-21(8-10-22)13-14-4-3-11-25-14/h1-6,11,16H,7-10,12-13H2,(H,20,23)/t16-/m1/s1. The van der Waals surface area contributed by atoms with Gasteiger partial charge in [-0.25, -0.2) is 0 Å². The second-order valence-electron chi connectivity index (χ2n) is 6.57. The summed E-state index contributed by atoms with van der Waals surface area (Å²) < 4.78 is 5.39. The van der Waals surface area contributed by atoms with Gasteiger partial charge in [-0.2, -0.15) is 0 Å². The maximum Gasteiger partial charge on any atom is 0.230 e. The Labute approximate surface area is 146 Å². The van der Waals surface area contributed by atoms with Crippen LogP contribution in [0.5, 0.6) is 0 Å². The summed E-state index contributed by atoms with van der Waals surface area (Å²) >= 11 is 0. The smallest absolute Gasteiger partial charge is 0.230 e. The van der Waals surface area contributed by atoms with Crippen molar-refractivity contribution in [1.29, 1.82) is 0 Å². The lowest BCUT2D eigenvalue weighted by atomic mass is 9.89. The van der Waals surface area contributed by atoms with Gasteiger partial charge < -0.3 is 14.6 Å². The van der Waals surface area contributed by atoms with Crippen LogP contribution in [0.3, 0.4) is 0 Å². The topological polar surface area (TPSA) is 65.8 Å². The van der Waals surface area contributed by atoms with Gasteiger partial charge in [0.15, 0.2) is 0 Å². The Kier molecular flexibility index (Phi) is 4.28. The van der Waals surface area contributed by atoms with Crippen molar-refractivity contribution in [3.8, 4) is 0 Å². The zero-order valence-corrected chi connectivity index (χ0v) is 14.0. The summed E-state index contributed by atoms with van der Waals surface area (Å²) in [5.74, 6) is 0.535. The number of hydrogen-bond donors (Lipinski definition) is 1. The largest absolute Gasteiger partial charge is 0.468 e. The number of benzene rings is 1. The fraction of sp³-hybridized carbons (Fsp3) is 0.368. The van der Waals surface area contributed by atoms with Crippen LogP contribution in [0.15, 0.2) is 47.1 Å². The average molecular weight is 339 g/mol. The van der Waals surface area contributed by atoms with E-state index in [0.29, 0.717) is 13.1 Å². The molecule has 6 nitrogen and oxygen atoms in total. The number of carbonyl (C=O) groups is 2. The Bertz CT molecular complexity index is 764. The molecule has 4 rings (SSSR count). The van der Waals surface area contributed by atoms with Gasteiger partial charge in [0.1, 0.15) is 5.76 Å². The molecule has 130 valence electrons. The third-order valence-electron chi connectivity index (χ3n) is 4.94.